The zero-order valence-corrected chi connectivity index (χ0v) is 35.3. The Balaban J connectivity index is 1.01. The average molecular weight is 806 g/mol. The van der Waals surface area contributed by atoms with Crippen molar-refractivity contribution in [1.29, 1.82) is 0 Å². The van der Waals surface area contributed by atoms with Gasteiger partial charge in [0, 0.05) is 38.5 Å². The summed E-state index contributed by atoms with van der Waals surface area (Å²) < 4.78 is 15.1. The topological polar surface area (TPSA) is 139 Å². The first-order valence-corrected chi connectivity index (χ1v) is 21.3. The molecule has 3 fully saturated rings. The summed E-state index contributed by atoms with van der Waals surface area (Å²) in [6, 6.07) is 16.0. The van der Waals surface area contributed by atoms with Gasteiger partial charge in [-0.25, -0.2) is 9.59 Å². The van der Waals surface area contributed by atoms with Gasteiger partial charge in [-0.2, -0.15) is 0 Å². The molecule has 2 aromatic rings. The molecule has 7 rings (SSSR count). The molecule has 0 spiro atoms. The van der Waals surface area contributed by atoms with Gasteiger partial charge in [0.1, 0.15) is 12.1 Å². The number of carbonyl (C=O) groups is 4. The minimum atomic E-state index is -0.831. The highest BCUT2D eigenvalue weighted by atomic mass is 16.5. The van der Waals surface area contributed by atoms with Crippen LogP contribution < -0.4 is 10.6 Å². The number of nitrogens with one attached hydrogen (secondary N) is 2. The quantitative estimate of drug-likeness (QED) is 0.224. The summed E-state index contributed by atoms with van der Waals surface area (Å²) in [7, 11) is 4.15. The first kappa shape index (κ1) is 41.9. The van der Waals surface area contributed by atoms with Gasteiger partial charge in [0.2, 0.25) is 11.8 Å². The molecule has 2 aliphatic carbocycles. The Morgan fingerprint density at radius 3 is 1.76 bits per heavy atom. The maximum Gasteiger partial charge on any atom is 0.407 e. The second-order valence-corrected chi connectivity index (χ2v) is 16.7. The molecule has 0 aromatic heterocycles. The van der Waals surface area contributed by atoms with E-state index in [1.165, 1.54) is 42.1 Å². The summed E-state index contributed by atoms with van der Waals surface area (Å²) in [5.74, 6) is -0.301. The van der Waals surface area contributed by atoms with Gasteiger partial charge in [-0.05, 0) is 121 Å². The smallest absolute Gasteiger partial charge is 0.407 e. The third-order valence-corrected chi connectivity index (χ3v) is 13.0. The van der Waals surface area contributed by atoms with E-state index in [0.29, 0.717) is 19.5 Å². The van der Waals surface area contributed by atoms with Gasteiger partial charge in [0.05, 0.1) is 32.4 Å². The molecule has 3 aliphatic heterocycles. The van der Waals surface area contributed by atoms with Crippen LogP contribution in [0.15, 0.2) is 76.4 Å². The number of fused-ring (bicyclic) bond motifs is 1. The third kappa shape index (κ3) is 8.74. The molecule has 2 N–H and O–H groups in total. The molecule has 3 heterocycles. The molecule has 59 heavy (non-hydrogen) atoms. The molecule has 2 aromatic carbocycles. The van der Waals surface area contributed by atoms with Crippen LogP contribution >= 0.6 is 0 Å². The Kier molecular flexibility index (Phi) is 13.0. The monoisotopic (exact) mass is 805 g/mol. The molecule has 314 valence electrons. The Morgan fingerprint density at radius 2 is 1.17 bits per heavy atom. The highest BCUT2D eigenvalue weighted by molar-refractivity contribution is 6.04. The summed E-state index contributed by atoms with van der Waals surface area (Å²) in [5.41, 5.74) is 12.3. The predicted molar refractivity (Wildman–Crippen MR) is 228 cm³/mol. The number of likely N-dealkylation sites (tertiary alicyclic amines) is 2. The van der Waals surface area contributed by atoms with Crippen molar-refractivity contribution in [2.24, 2.45) is 10.9 Å². The molecule has 12 nitrogen and oxygen atoms in total. The van der Waals surface area contributed by atoms with Gasteiger partial charge in [-0.15, -0.1) is 0 Å². The van der Waals surface area contributed by atoms with E-state index in [2.05, 4.69) is 59.2 Å². The number of rotatable bonds is 12. The molecular weight excluding hydrogens is 747 g/mol. The zero-order chi connectivity index (χ0) is 41.8. The second kappa shape index (κ2) is 18.4. The maximum absolute atomic E-state index is 14.0. The van der Waals surface area contributed by atoms with Crippen LogP contribution in [0, 0.1) is 5.92 Å². The second-order valence-electron chi connectivity index (χ2n) is 16.7. The number of hydrogen-bond acceptors (Lipinski definition) is 8. The van der Waals surface area contributed by atoms with Crippen LogP contribution in [0.4, 0.5) is 9.59 Å². The lowest BCUT2D eigenvalue weighted by molar-refractivity contribution is -0.137. The van der Waals surface area contributed by atoms with Gasteiger partial charge < -0.3 is 34.6 Å². The Hall–Kier alpha value is -5.23. The molecule has 5 atom stereocenters. The molecule has 1 saturated carbocycles. The van der Waals surface area contributed by atoms with Crippen LogP contribution in [0.3, 0.4) is 0 Å². The zero-order valence-electron chi connectivity index (χ0n) is 35.3. The maximum atomic E-state index is 14.0. The fourth-order valence-corrected chi connectivity index (χ4v) is 9.69. The van der Waals surface area contributed by atoms with E-state index in [0.717, 1.165) is 85.8 Å². The molecule has 4 amide bonds. The van der Waals surface area contributed by atoms with E-state index in [1.807, 2.05) is 29.8 Å². The highest BCUT2D eigenvalue weighted by Crippen LogP contribution is 2.49. The van der Waals surface area contributed by atoms with Gasteiger partial charge in [-0.1, -0.05) is 62.4 Å². The minimum absolute atomic E-state index is 0.00416. The Labute approximate surface area is 348 Å². The van der Waals surface area contributed by atoms with Crippen LogP contribution in [-0.4, -0.2) is 104 Å². The van der Waals surface area contributed by atoms with Crippen LogP contribution in [0.5, 0.6) is 0 Å². The number of alkyl carbamates (subject to hydrolysis) is 2. The van der Waals surface area contributed by atoms with E-state index < -0.39 is 30.4 Å². The summed E-state index contributed by atoms with van der Waals surface area (Å²) in [5, 5.41) is 5.45. The summed E-state index contributed by atoms with van der Waals surface area (Å²) in [6.45, 7) is 6.93. The van der Waals surface area contributed by atoms with E-state index in [9.17, 15) is 19.2 Å². The van der Waals surface area contributed by atoms with E-state index >= 15 is 0 Å². The number of aliphatic imine (C=N–C) groups is 1. The van der Waals surface area contributed by atoms with Crippen molar-refractivity contribution in [2.45, 2.75) is 115 Å². The normalized spacial score (nSPS) is 21.9. The predicted octanol–water partition coefficient (Wildman–Crippen LogP) is 7.69. The average Bonchev–Trinajstić information content (AvgIpc) is 4.10. The van der Waals surface area contributed by atoms with Gasteiger partial charge in [-0.3, -0.25) is 14.6 Å². The molecule has 2 saturated heterocycles. The number of ether oxygens (including phenoxy) is 3. The third-order valence-electron chi connectivity index (χ3n) is 13.0. The first-order valence-electron chi connectivity index (χ1n) is 21.3. The number of benzene rings is 2. The van der Waals surface area contributed by atoms with E-state index in [1.54, 1.807) is 14.0 Å². The van der Waals surface area contributed by atoms with Crippen molar-refractivity contribution in [3.63, 3.8) is 0 Å². The van der Waals surface area contributed by atoms with Crippen LogP contribution in [0.2, 0.25) is 0 Å². The van der Waals surface area contributed by atoms with Crippen LogP contribution in [0.1, 0.15) is 96.1 Å². The largest absolute Gasteiger partial charge is 0.453 e. The fourth-order valence-electron chi connectivity index (χ4n) is 9.69. The molecular formula is C47H59N5O7. The van der Waals surface area contributed by atoms with Crippen LogP contribution in [0.25, 0.3) is 22.3 Å². The molecule has 0 unspecified atom stereocenters. The number of nitrogens with zero attached hydrogens (tertiary/aromatic N) is 3. The lowest BCUT2D eigenvalue weighted by Crippen LogP contribution is -2.55. The van der Waals surface area contributed by atoms with Gasteiger partial charge >= 0.3 is 12.2 Å². The Bertz CT molecular complexity index is 2050. The van der Waals surface area contributed by atoms with Crippen molar-refractivity contribution < 1.29 is 33.4 Å². The summed E-state index contributed by atoms with van der Waals surface area (Å²) in [4.78, 5) is 60.5. The van der Waals surface area contributed by atoms with Gasteiger partial charge in [0.15, 0.2) is 0 Å². The SMILES string of the molecule is COC(=O)N[C@H](C(=O)N1CCC[C@H]1C1=NC=C(c2ccc(-c3ccc(C4=C5CCCCC5=C([C@H]5CCCN5C(=O)[C@@H](NC(=O)OC)[C@@H](C)OC)C4)cc3)cc2)C1)C(C)C. The van der Waals surface area contributed by atoms with E-state index in [4.69, 9.17) is 19.2 Å². The standard InChI is InChI=1S/C47H59N5O7/c1-28(2)42(49-46(55)58-5)44(53)52-24-10-14-41(52)39-25-34(27-48-39)32-17-15-30(16-18-32)31-19-21-33(22-20-31)37-26-38(36-12-8-7-11-35(36)37)40-13-9-23-51(40)45(54)43(29(3)57-4)50-47(56)59-6/h15-22,27-29,40-43H,7-14,23-26H2,1-6H3,(H,49,55)(H,50,56)/t29-,40-,41+,42+,43+/m1/s1. The number of methoxy groups -OCH3 is 3. The summed E-state index contributed by atoms with van der Waals surface area (Å²) >= 11 is 0. The number of hydrogen-bond donors (Lipinski definition) is 2. The molecule has 0 bridgehead atoms. The van der Waals surface area contributed by atoms with Crippen molar-refractivity contribution in [1.82, 2.24) is 20.4 Å². The van der Waals surface area contributed by atoms with Crippen molar-refractivity contribution >= 4 is 40.9 Å². The highest BCUT2D eigenvalue weighted by Gasteiger charge is 2.42. The molecule has 5 aliphatic rings. The van der Waals surface area contributed by atoms with E-state index in [-0.39, 0.29) is 29.8 Å². The first-order chi connectivity index (χ1) is 28.5. The Morgan fingerprint density at radius 1 is 0.644 bits per heavy atom. The lowest BCUT2D eigenvalue weighted by Gasteiger charge is -2.33. The lowest BCUT2D eigenvalue weighted by atomic mass is 9.86. The molecule has 0 radical (unpaired) electrons. The van der Waals surface area contributed by atoms with Crippen molar-refractivity contribution in [3.8, 4) is 11.1 Å². The minimum Gasteiger partial charge on any atom is -0.453 e. The summed E-state index contributed by atoms with van der Waals surface area (Å²) in [6.07, 6.45) is 9.65. The number of carbonyl (C=O) groups excluding carboxylic acids is 4. The van der Waals surface area contributed by atoms with Crippen LogP contribution in [-0.2, 0) is 23.8 Å². The van der Waals surface area contributed by atoms with Crippen molar-refractivity contribution in [3.05, 3.63) is 82.6 Å². The number of allylic oxidation sites excluding steroid dienone is 4. The fraction of sp³-hybridized carbons (Fsp3) is 0.511. The molecule has 12 heteroatoms. The number of amides is 4. The van der Waals surface area contributed by atoms with Gasteiger partial charge in [0.25, 0.3) is 0 Å². The van der Waals surface area contributed by atoms with Crippen molar-refractivity contribution in [2.75, 3.05) is 34.4 Å².